The number of hydrogen-bond donors (Lipinski definition) is 3. The summed E-state index contributed by atoms with van der Waals surface area (Å²) in [5, 5.41) is 15.4. The fourth-order valence-electron chi connectivity index (χ4n) is 2.71. The summed E-state index contributed by atoms with van der Waals surface area (Å²) >= 11 is 0. The predicted octanol–water partition coefficient (Wildman–Crippen LogP) is 4.89. The molecule has 3 rings (SSSR count). The Kier molecular flexibility index (Phi) is 6.41. The van der Waals surface area contributed by atoms with E-state index in [0.717, 1.165) is 5.56 Å². The molecule has 0 radical (unpaired) electrons. The maximum Gasteiger partial charge on any atom is 0.573 e. The molecular formula is C21H21F3N4O2. The maximum absolute atomic E-state index is 12.4. The Morgan fingerprint density at radius 2 is 1.80 bits per heavy atom. The van der Waals surface area contributed by atoms with E-state index in [2.05, 4.69) is 25.3 Å². The molecule has 1 heterocycles. The molecule has 158 valence electrons. The fourth-order valence-corrected chi connectivity index (χ4v) is 2.71. The Balaban J connectivity index is 1.92. The van der Waals surface area contributed by atoms with Gasteiger partial charge in [0.2, 0.25) is 5.95 Å². The van der Waals surface area contributed by atoms with Crippen molar-refractivity contribution in [3.05, 3.63) is 60.2 Å². The van der Waals surface area contributed by atoms with E-state index in [1.165, 1.54) is 18.2 Å². The van der Waals surface area contributed by atoms with Crippen LogP contribution in [0.4, 0.5) is 30.6 Å². The molecular weight excluding hydrogens is 397 g/mol. The number of aliphatic hydroxyl groups is 1. The second-order valence-corrected chi connectivity index (χ2v) is 6.71. The quantitative estimate of drug-likeness (QED) is 0.507. The number of rotatable bonds is 7. The summed E-state index contributed by atoms with van der Waals surface area (Å²) in [6.07, 6.45) is -4.75. The van der Waals surface area contributed by atoms with Crippen LogP contribution in [0.3, 0.4) is 0 Å². The molecule has 6 nitrogen and oxygen atoms in total. The molecule has 0 aliphatic carbocycles. The molecule has 0 amide bonds. The number of nitrogens with zero attached hydrogens (tertiary/aromatic N) is 2. The van der Waals surface area contributed by atoms with E-state index in [1.54, 1.807) is 19.9 Å². The molecule has 1 aromatic heterocycles. The number of halogens is 3. The van der Waals surface area contributed by atoms with Gasteiger partial charge in [-0.2, -0.15) is 4.98 Å². The largest absolute Gasteiger partial charge is 0.573 e. The van der Waals surface area contributed by atoms with Crippen LogP contribution in [0.15, 0.2) is 54.6 Å². The second kappa shape index (κ2) is 9.00. The highest BCUT2D eigenvalue weighted by atomic mass is 19.4. The topological polar surface area (TPSA) is 79.3 Å². The second-order valence-electron chi connectivity index (χ2n) is 6.71. The lowest BCUT2D eigenvalue weighted by molar-refractivity contribution is -0.274. The van der Waals surface area contributed by atoms with Crippen LogP contribution in [-0.4, -0.2) is 34.1 Å². The zero-order valence-corrected chi connectivity index (χ0v) is 16.4. The summed E-state index contributed by atoms with van der Waals surface area (Å²) < 4.78 is 41.2. The van der Waals surface area contributed by atoms with Gasteiger partial charge in [-0.05, 0) is 37.6 Å². The van der Waals surface area contributed by atoms with Gasteiger partial charge in [-0.15, -0.1) is 13.2 Å². The third-order valence-electron chi connectivity index (χ3n) is 4.14. The number of aliphatic hydroxyl groups excluding tert-OH is 1. The SMILES string of the molecule is Cc1cc(OC(F)(F)F)ccc1Nc1cc(-c2ccccc2)nc(N[C@H](C)CO)n1. The van der Waals surface area contributed by atoms with Crippen LogP contribution in [-0.2, 0) is 0 Å². The Bertz CT molecular complexity index is 997. The first kappa shape index (κ1) is 21.4. The standard InChI is InChI=1S/C21H21F3N4O2/c1-13-10-16(30-21(22,23)24)8-9-17(13)26-19-11-18(15-6-4-3-5-7-15)27-20(28-19)25-14(2)12-29/h3-11,14,29H,12H2,1-2H3,(H2,25,26,27,28)/t14-/m1/s1. The van der Waals surface area contributed by atoms with Crippen molar-refractivity contribution in [3.8, 4) is 17.0 Å². The summed E-state index contributed by atoms with van der Waals surface area (Å²) in [5.41, 5.74) is 2.64. The monoisotopic (exact) mass is 418 g/mol. The summed E-state index contributed by atoms with van der Waals surface area (Å²) in [4.78, 5) is 8.90. The average molecular weight is 418 g/mol. The minimum atomic E-state index is -4.75. The summed E-state index contributed by atoms with van der Waals surface area (Å²) in [7, 11) is 0. The number of alkyl halides is 3. The molecule has 0 saturated carbocycles. The summed E-state index contributed by atoms with van der Waals surface area (Å²) in [5.74, 6) is 0.469. The Hall–Kier alpha value is -3.33. The van der Waals surface area contributed by atoms with Gasteiger partial charge in [0.1, 0.15) is 11.6 Å². The van der Waals surface area contributed by atoms with Crippen LogP contribution >= 0.6 is 0 Å². The summed E-state index contributed by atoms with van der Waals surface area (Å²) in [6, 6.07) is 15.0. The van der Waals surface area contributed by atoms with Crippen molar-refractivity contribution in [3.63, 3.8) is 0 Å². The van der Waals surface area contributed by atoms with Crippen molar-refractivity contribution in [2.45, 2.75) is 26.3 Å². The maximum atomic E-state index is 12.4. The predicted molar refractivity (Wildman–Crippen MR) is 109 cm³/mol. The van der Waals surface area contributed by atoms with Gasteiger partial charge < -0.3 is 20.5 Å². The van der Waals surface area contributed by atoms with Crippen LogP contribution in [0.1, 0.15) is 12.5 Å². The lowest BCUT2D eigenvalue weighted by Crippen LogP contribution is -2.21. The highest BCUT2D eigenvalue weighted by Crippen LogP contribution is 2.29. The van der Waals surface area contributed by atoms with Crippen molar-refractivity contribution in [1.82, 2.24) is 9.97 Å². The number of benzene rings is 2. The van der Waals surface area contributed by atoms with Gasteiger partial charge in [0.25, 0.3) is 0 Å². The first-order chi connectivity index (χ1) is 14.2. The van der Waals surface area contributed by atoms with Crippen molar-refractivity contribution in [2.24, 2.45) is 0 Å². The molecule has 3 aromatic rings. The lowest BCUT2D eigenvalue weighted by Gasteiger charge is -2.16. The van der Waals surface area contributed by atoms with Crippen LogP contribution in [0, 0.1) is 6.92 Å². The molecule has 1 atom stereocenters. The first-order valence-electron chi connectivity index (χ1n) is 9.19. The molecule has 0 aliphatic heterocycles. The van der Waals surface area contributed by atoms with Crippen LogP contribution in [0.5, 0.6) is 5.75 Å². The average Bonchev–Trinajstić information content (AvgIpc) is 2.69. The highest BCUT2D eigenvalue weighted by Gasteiger charge is 2.31. The van der Waals surface area contributed by atoms with Crippen LogP contribution < -0.4 is 15.4 Å². The third-order valence-corrected chi connectivity index (χ3v) is 4.14. The van der Waals surface area contributed by atoms with Gasteiger partial charge in [0, 0.05) is 23.4 Å². The molecule has 2 aromatic carbocycles. The Morgan fingerprint density at radius 1 is 1.07 bits per heavy atom. The molecule has 0 saturated heterocycles. The van der Waals surface area contributed by atoms with Crippen LogP contribution in [0.2, 0.25) is 0 Å². The van der Waals surface area contributed by atoms with E-state index in [4.69, 9.17) is 0 Å². The lowest BCUT2D eigenvalue weighted by atomic mass is 10.1. The number of nitrogens with one attached hydrogen (secondary N) is 2. The van der Waals surface area contributed by atoms with E-state index in [0.29, 0.717) is 28.7 Å². The van der Waals surface area contributed by atoms with E-state index >= 15 is 0 Å². The van der Waals surface area contributed by atoms with Gasteiger partial charge in [0.05, 0.1) is 12.3 Å². The smallest absolute Gasteiger partial charge is 0.406 e. The van der Waals surface area contributed by atoms with Crippen molar-refractivity contribution in [1.29, 1.82) is 0 Å². The molecule has 9 heteroatoms. The summed E-state index contributed by atoms with van der Waals surface area (Å²) in [6.45, 7) is 3.36. The number of hydrogen-bond acceptors (Lipinski definition) is 6. The molecule has 0 unspecified atom stereocenters. The van der Waals surface area contributed by atoms with E-state index in [-0.39, 0.29) is 18.4 Å². The van der Waals surface area contributed by atoms with E-state index in [1.807, 2.05) is 30.3 Å². The molecule has 30 heavy (non-hydrogen) atoms. The minimum absolute atomic E-state index is 0.0958. The van der Waals surface area contributed by atoms with Crippen LogP contribution in [0.25, 0.3) is 11.3 Å². The van der Waals surface area contributed by atoms with E-state index < -0.39 is 6.36 Å². The van der Waals surface area contributed by atoms with Gasteiger partial charge >= 0.3 is 6.36 Å². The molecule has 0 fully saturated rings. The number of ether oxygens (including phenoxy) is 1. The molecule has 0 aliphatic rings. The molecule has 0 bridgehead atoms. The Morgan fingerprint density at radius 3 is 2.43 bits per heavy atom. The van der Waals surface area contributed by atoms with Gasteiger partial charge in [-0.25, -0.2) is 4.98 Å². The van der Waals surface area contributed by atoms with Gasteiger partial charge in [-0.1, -0.05) is 30.3 Å². The van der Waals surface area contributed by atoms with Crippen molar-refractivity contribution >= 4 is 17.5 Å². The van der Waals surface area contributed by atoms with E-state index in [9.17, 15) is 18.3 Å². The van der Waals surface area contributed by atoms with Gasteiger partial charge in [0.15, 0.2) is 0 Å². The van der Waals surface area contributed by atoms with Crippen molar-refractivity contribution in [2.75, 3.05) is 17.2 Å². The zero-order chi connectivity index (χ0) is 21.7. The fraction of sp³-hybridized carbons (Fsp3) is 0.238. The highest BCUT2D eigenvalue weighted by molar-refractivity contribution is 5.69. The van der Waals surface area contributed by atoms with Crippen molar-refractivity contribution < 1.29 is 23.0 Å². The molecule has 0 spiro atoms. The number of aromatic nitrogens is 2. The number of aryl methyl sites for hydroxylation is 1. The number of anilines is 3. The Labute approximate surface area is 171 Å². The van der Waals surface area contributed by atoms with Gasteiger partial charge in [-0.3, -0.25) is 0 Å². The third kappa shape index (κ3) is 5.84. The first-order valence-corrected chi connectivity index (χ1v) is 9.19. The zero-order valence-electron chi connectivity index (χ0n) is 16.4. The molecule has 3 N–H and O–H groups in total. The normalized spacial score (nSPS) is 12.3. The minimum Gasteiger partial charge on any atom is -0.406 e.